The summed E-state index contributed by atoms with van der Waals surface area (Å²) in [5, 5.41) is 45.1. The van der Waals surface area contributed by atoms with Crippen molar-refractivity contribution in [3.63, 3.8) is 0 Å². The molecule has 1 rings (SSSR count). The van der Waals surface area contributed by atoms with Gasteiger partial charge < -0.3 is 86.1 Å². The Bertz CT molecular complexity index is 1850. The van der Waals surface area contributed by atoms with E-state index in [1.165, 1.54) is 4.90 Å². The van der Waals surface area contributed by atoms with E-state index in [0.717, 1.165) is 0 Å². The van der Waals surface area contributed by atoms with Gasteiger partial charge in [0.15, 0.2) is 5.96 Å². The Kier molecular flexibility index (Phi) is 26.8. The highest BCUT2D eigenvalue weighted by atomic mass is 16.4. The standard InChI is InChI=1S/C41H72N14O14/c1-20(2)31(54-33(61)22(43)12-13-30(59)60)38(66)51-25(17-28(44)57)36(64)49-23(9-5-6-14-42)35(63)50-24(10-7-15-47-41(45)46)39(67)55-16-8-11-27(55)37(65)52-26(19-56)34(62)48-18-29(58)53-32(21(3)4)40(68)69/h20-27,31-32,56H,5-19,42-43H2,1-4H3,(H2,44,57)(H,48,62)(H,49,64)(H,50,63)(H,51,66)(H,52,65)(H,53,58)(H,54,61)(H,59,60)(H,68,69)(H4,45,46,47)/t22-,23-,24-,25-,26-,27-,31-,32-/m0/s1. The maximum absolute atomic E-state index is 14.3. The first kappa shape index (κ1) is 60.3. The molecule has 1 fully saturated rings. The number of rotatable bonds is 32. The average molecular weight is 985 g/mol. The van der Waals surface area contributed by atoms with Gasteiger partial charge in [-0.25, -0.2) is 4.79 Å². The van der Waals surface area contributed by atoms with Crippen molar-refractivity contribution < 1.29 is 68.1 Å². The summed E-state index contributed by atoms with van der Waals surface area (Å²) in [5.74, 6) is -12.0. The quantitative estimate of drug-likeness (QED) is 0.0169. The van der Waals surface area contributed by atoms with Crippen molar-refractivity contribution in [2.24, 2.45) is 45.5 Å². The van der Waals surface area contributed by atoms with Crippen LogP contribution in [0.1, 0.15) is 91.9 Å². The van der Waals surface area contributed by atoms with Gasteiger partial charge in [0.05, 0.1) is 25.6 Å². The number of carbonyl (C=O) groups is 11. The molecule has 0 radical (unpaired) electrons. The number of amides is 9. The molecule has 0 unspecified atom stereocenters. The second-order valence-electron chi connectivity index (χ2n) is 17.1. The Morgan fingerprint density at radius 3 is 1.83 bits per heavy atom. The van der Waals surface area contributed by atoms with Gasteiger partial charge in [-0.1, -0.05) is 27.7 Å². The highest BCUT2D eigenvalue weighted by Crippen LogP contribution is 2.20. The highest BCUT2D eigenvalue weighted by molar-refractivity contribution is 5.99. The molecule has 1 aliphatic heterocycles. The number of guanidine groups is 1. The second kappa shape index (κ2) is 30.6. The van der Waals surface area contributed by atoms with Crippen molar-refractivity contribution in [2.75, 3.05) is 32.8 Å². The van der Waals surface area contributed by atoms with E-state index in [4.69, 9.17) is 33.8 Å². The van der Waals surface area contributed by atoms with Crippen molar-refractivity contribution >= 4 is 71.1 Å². The zero-order valence-electron chi connectivity index (χ0n) is 39.5. The molecule has 1 saturated heterocycles. The number of hydrogen-bond acceptors (Lipinski definition) is 15. The smallest absolute Gasteiger partial charge is 0.326 e. The molecule has 0 aliphatic carbocycles. The third-order valence-electron chi connectivity index (χ3n) is 10.8. The van der Waals surface area contributed by atoms with Gasteiger partial charge in [0.2, 0.25) is 53.2 Å². The highest BCUT2D eigenvalue weighted by Gasteiger charge is 2.40. The number of hydrogen-bond donors (Lipinski definition) is 15. The molecule has 69 heavy (non-hydrogen) atoms. The van der Waals surface area contributed by atoms with Crippen LogP contribution in [0.25, 0.3) is 0 Å². The molecule has 20 N–H and O–H groups in total. The van der Waals surface area contributed by atoms with Crippen LogP contribution in [0.3, 0.4) is 0 Å². The fourth-order valence-corrected chi connectivity index (χ4v) is 6.94. The number of aliphatic hydroxyl groups excluding tert-OH is 1. The van der Waals surface area contributed by atoms with E-state index in [2.05, 4.69) is 42.2 Å². The third kappa shape index (κ3) is 21.9. The number of nitrogens with two attached hydrogens (primary N) is 5. The van der Waals surface area contributed by atoms with E-state index < -0.39 is 151 Å². The summed E-state index contributed by atoms with van der Waals surface area (Å²) in [5.41, 5.74) is 27.9. The van der Waals surface area contributed by atoms with E-state index in [1.807, 2.05) is 0 Å². The van der Waals surface area contributed by atoms with Crippen molar-refractivity contribution in [3.05, 3.63) is 0 Å². The molecule has 0 saturated carbocycles. The Labute approximate surface area is 399 Å². The SMILES string of the molecule is CC(C)[C@H](NC(=O)CNC(=O)[C@H](CO)NC(=O)[C@@H]1CCCN1C(=O)[C@H](CCCN=C(N)N)NC(=O)[C@H](CCCCN)NC(=O)[C@H](CC(N)=O)NC(=O)[C@@H](NC(=O)[C@@H](N)CCC(=O)O)C(C)C)C(=O)O. The Balaban J connectivity index is 3.36. The van der Waals surface area contributed by atoms with Crippen molar-refractivity contribution in [1.82, 2.24) is 42.1 Å². The van der Waals surface area contributed by atoms with Gasteiger partial charge >= 0.3 is 11.9 Å². The zero-order chi connectivity index (χ0) is 52.5. The average Bonchev–Trinajstić information content (AvgIpc) is 3.77. The molecule has 0 bridgehead atoms. The summed E-state index contributed by atoms with van der Waals surface area (Å²) in [6.45, 7) is 4.89. The van der Waals surface area contributed by atoms with E-state index in [9.17, 15) is 63.0 Å². The van der Waals surface area contributed by atoms with E-state index in [-0.39, 0.29) is 64.1 Å². The first-order chi connectivity index (χ1) is 32.3. The fourth-order valence-electron chi connectivity index (χ4n) is 6.94. The maximum atomic E-state index is 14.3. The normalized spacial score (nSPS) is 16.3. The summed E-state index contributed by atoms with van der Waals surface area (Å²) < 4.78 is 0. The topological polar surface area (TPSA) is 478 Å². The van der Waals surface area contributed by atoms with Gasteiger partial charge in [0.25, 0.3) is 0 Å². The summed E-state index contributed by atoms with van der Waals surface area (Å²) in [4.78, 5) is 147. The van der Waals surface area contributed by atoms with Crippen LogP contribution in [0.15, 0.2) is 4.99 Å². The molecule has 0 aromatic carbocycles. The number of primary amides is 1. The number of carbonyl (C=O) groups excluding carboxylic acids is 9. The van der Waals surface area contributed by atoms with Crippen LogP contribution in [-0.4, -0.2) is 172 Å². The minimum Gasteiger partial charge on any atom is -0.481 e. The molecule has 0 aromatic rings. The summed E-state index contributed by atoms with van der Waals surface area (Å²) >= 11 is 0. The Hall–Kier alpha value is -6.68. The van der Waals surface area contributed by atoms with Crippen LogP contribution in [0.4, 0.5) is 0 Å². The third-order valence-corrected chi connectivity index (χ3v) is 10.8. The second-order valence-corrected chi connectivity index (χ2v) is 17.1. The number of likely N-dealkylation sites (tertiary alicyclic amines) is 1. The lowest BCUT2D eigenvalue weighted by Gasteiger charge is -2.31. The maximum Gasteiger partial charge on any atom is 0.326 e. The number of aliphatic hydroxyl groups is 1. The fraction of sp³-hybridized carbons (Fsp3) is 0.707. The number of aliphatic carboxylic acids is 2. The first-order valence-corrected chi connectivity index (χ1v) is 22.6. The molecule has 28 heteroatoms. The van der Waals surface area contributed by atoms with Gasteiger partial charge in [-0.05, 0) is 69.7 Å². The van der Waals surface area contributed by atoms with Crippen LogP contribution in [0.2, 0.25) is 0 Å². The van der Waals surface area contributed by atoms with Gasteiger partial charge in [0.1, 0.15) is 42.3 Å². The summed E-state index contributed by atoms with van der Waals surface area (Å²) in [6.07, 6.45) is -0.375. The molecule has 390 valence electrons. The molecule has 8 atom stereocenters. The van der Waals surface area contributed by atoms with Crippen LogP contribution in [-0.2, 0) is 52.7 Å². The molecule has 1 aliphatic rings. The molecular weight excluding hydrogens is 913 g/mol. The first-order valence-electron chi connectivity index (χ1n) is 22.6. The molecule has 0 spiro atoms. The van der Waals surface area contributed by atoms with Gasteiger partial charge in [-0.2, -0.15) is 0 Å². The van der Waals surface area contributed by atoms with Crippen LogP contribution >= 0.6 is 0 Å². The Morgan fingerprint density at radius 1 is 0.681 bits per heavy atom. The zero-order valence-corrected chi connectivity index (χ0v) is 39.5. The minimum atomic E-state index is -1.68. The van der Waals surface area contributed by atoms with Gasteiger partial charge in [-0.15, -0.1) is 0 Å². The minimum absolute atomic E-state index is 0.0168. The number of carboxylic acids is 2. The largest absolute Gasteiger partial charge is 0.481 e. The number of aliphatic imine (C=N–C) groups is 1. The summed E-state index contributed by atoms with van der Waals surface area (Å²) in [7, 11) is 0. The molecule has 1 heterocycles. The number of unbranched alkanes of at least 4 members (excludes halogenated alkanes) is 1. The predicted octanol–water partition coefficient (Wildman–Crippen LogP) is -6.36. The summed E-state index contributed by atoms with van der Waals surface area (Å²) in [6, 6.07) is -11.1. The van der Waals surface area contributed by atoms with E-state index in [1.54, 1.807) is 27.7 Å². The van der Waals surface area contributed by atoms with Crippen LogP contribution < -0.4 is 65.9 Å². The number of carboxylic acid groups (broad SMARTS) is 2. The van der Waals surface area contributed by atoms with E-state index in [0.29, 0.717) is 12.8 Å². The van der Waals surface area contributed by atoms with Crippen LogP contribution in [0, 0.1) is 11.8 Å². The van der Waals surface area contributed by atoms with Crippen molar-refractivity contribution in [3.8, 4) is 0 Å². The molecule has 0 aromatic heterocycles. The van der Waals surface area contributed by atoms with E-state index >= 15 is 0 Å². The Morgan fingerprint density at radius 2 is 1.28 bits per heavy atom. The van der Waals surface area contributed by atoms with Crippen LogP contribution in [0.5, 0.6) is 0 Å². The van der Waals surface area contributed by atoms with Crippen molar-refractivity contribution in [1.29, 1.82) is 0 Å². The predicted molar refractivity (Wildman–Crippen MR) is 245 cm³/mol. The van der Waals surface area contributed by atoms with Gasteiger partial charge in [0, 0.05) is 19.5 Å². The van der Waals surface area contributed by atoms with Crippen molar-refractivity contribution in [2.45, 2.75) is 140 Å². The molecule has 9 amide bonds. The molecular formula is C41H72N14O14. The number of nitrogens with one attached hydrogen (secondary N) is 7. The lowest BCUT2D eigenvalue weighted by Crippen LogP contribution is -2.60. The lowest BCUT2D eigenvalue weighted by molar-refractivity contribution is -0.143. The lowest BCUT2D eigenvalue weighted by atomic mass is 10.0. The molecule has 28 nitrogen and oxygen atoms in total. The number of nitrogens with zero attached hydrogens (tertiary/aromatic N) is 2. The van der Waals surface area contributed by atoms with Gasteiger partial charge in [-0.3, -0.25) is 52.9 Å². The monoisotopic (exact) mass is 985 g/mol.